The van der Waals surface area contributed by atoms with E-state index in [1.807, 2.05) is 0 Å². The minimum absolute atomic E-state index is 0.196. The topological polar surface area (TPSA) is 55.4 Å². The van der Waals surface area contributed by atoms with Crippen LogP contribution in [0.2, 0.25) is 0 Å². The monoisotopic (exact) mass is 349 g/mol. The molecule has 0 atom stereocenters. The van der Waals surface area contributed by atoms with E-state index in [-0.39, 0.29) is 11.3 Å². The van der Waals surface area contributed by atoms with Crippen LogP contribution in [0.1, 0.15) is 21.5 Å². The number of esters is 1. The standard InChI is InChI=1S/C18H14F3NO3/c1-25-17(24)14-4-2-3-5-15(14)22-16(23)11-8-12-6-9-13(10-7-12)18(19,20)21/h2-11H,1H3,(H,22,23)/b11-8+. The smallest absolute Gasteiger partial charge is 0.416 e. The number of ether oxygens (including phenoxy) is 1. The van der Waals surface area contributed by atoms with Gasteiger partial charge in [-0.3, -0.25) is 4.79 Å². The van der Waals surface area contributed by atoms with Gasteiger partial charge in [-0.15, -0.1) is 0 Å². The summed E-state index contributed by atoms with van der Waals surface area (Å²) in [7, 11) is 1.23. The van der Waals surface area contributed by atoms with Crippen molar-refractivity contribution in [2.45, 2.75) is 6.18 Å². The van der Waals surface area contributed by atoms with Crippen LogP contribution in [-0.2, 0) is 15.7 Å². The molecule has 0 aliphatic carbocycles. The molecule has 2 aromatic carbocycles. The average Bonchev–Trinajstić information content (AvgIpc) is 2.59. The van der Waals surface area contributed by atoms with Gasteiger partial charge in [0.2, 0.25) is 5.91 Å². The normalized spacial score (nSPS) is 11.4. The van der Waals surface area contributed by atoms with Gasteiger partial charge >= 0.3 is 12.1 Å². The zero-order valence-corrected chi connectivity index (χ0v) is 13.1. The minimum Gasteiger partial charge on any atom is -0.465 e. The quantitative estimate of drug-likeness (QED) is 0.667. The number of halogens is 3. The molecule has 0 heterocycles. The van der Waals surface area contributed by atoms with Gasteiger partial charge in [0.25, 0.3) is 0 Å². The van der Waals surface area contributed by atoms with E-state index < -0.39 is 23.6 Å². The molecule has 1 N–H and O–H groups in total. The first-order chi connectivity index (χ1) is 11.8. The van der Waals surface area contributed by atoms with Crippen LogP contribution in [0.15, 0.2) is 54.6 Å². The van der Waals surface area contributed by atoms with Crippen LogP contribution in [0.4, 0.5) is 18.9 Å². The largest absolute Gasteiger partial charge is 0.465 e. The zero-order chi connectivity index (χ0) is 18.4. The van der Waals surface area contributed by atoms with Crippen molar-refractivity contribution in [3.05, 3.63) is 71.3 Å². The molecule has 1 amide bonds. The summed E-state index contributed by atoms with van der Waals surface area (Å²) >= 11 is 0. The SMILES string of the molecule is COC(=O)c1ccccc1NC(=O)/C=C/c1ccc(C(F)(F)F)cc1. The van der Waals surface area contributed by atoms with Crippen molar-refractivity contribution >= 4 is 23.6 Å². The summed E-state index contributed by atoms with van der Waals surface area (Å²) in [6.45, 7) is 0. The molecule has 7 heteroatoms. The van der Waals surface area contributed by atoms with Gasteiger partial charge in [-0.25, -0.2) is 4.79 Å². The number of nitrogens with one attached hydrogen (secondary N) is 1. The van der Waals surface area contributed by atoms with Crippen LogP contribution in [0.5, 0.6) is 0 Å². The Morgan fingerprint density at radius 1 is 1.04 bits per heavy atom. The maximum absolute atomic E-state index is 12.5. The number of carbonyl (C=O) groups is 2. The number of alkyl halides is 3. The first-order valence-electron chi connectivity index (χ1n) is 7.15. The molecule has 0 radical (unpaired) electrons. The van der Waals surface area contributed by atoms with Crippen molar-refractivity contribution in [3.8, 4) is 0 Å². The third-order valence-corrected chi connectivity index (χ3v) is 3.26. The Hall–Kier alpha value is -3.09. The second kappa shape index (κ2) is 7.65. The number of methoxy groups -OCH3 is 1. The molecule has 0 aliphatic heterocycles. The van der Waals surface area contributed by atoms with Crippen molar-refractivity contribution in [1.29, 1.82) is 0 Å². The highest BCUT2D eigenvalue weighted by molar-refractivity contribution is 6.06. The molecule has 0 saturated carbocycles. The molecule has 0 spiro atoms. The summed E-state index contributed by atoms with van der Waals surface area (Å²) in [5, 5.41) is 2.53. The van der Waals surface area contributed by atoms with Crippen LogP contribution in [0, 0.1) is 0 Å². The van der Waals surface area contributed by atoms with E-state index in [1.54, 1.807) is 12.1 Å². The van der Waals surface area contributed by atoms with Crippen LogP contribution in [0.25, 0.3) is 6.08 Å². The van der Waals surface area contributed by atoms with Crippen LogP contribution in [-0.4, -0.2) is 19.0 Å². The van der Waals surface area contributed by atoms with Crippen molar-refractivity contribution in [2.75, 3.05) is 12.4 Å². The molecule has 0 fully saturated rings. The van der Waals surface area contributed by atoms with E-state index in [9.17, 15) is 22.8 Å². The lowest BCUT2D eigenvalue weighted by atomic mass is 10.1. The van der Waals surface area contributed by atoms with Gasteiger partial charge in [-0.2, -0.15) is 13.2 Å². The van der Waals surface area contributed by atoms with Gasteiger partial charge in [0.05, 0.1) is 23.9 Å². The van der Waals surface area contributed by atoms with Gasteiger partial charge in [0.1, 0.15) is 0 Å². The number of hydrogen-bond donors (Lipinski definition) is 1. The fraction of sp³-hybridized carbons (Fsp3) is 0.111. The Bertz CT molecular complexity index is 796. The highest BCUT2D eigenvalue weighted by Gasteiger charge is 2.29. The van der Waals surface area contributed by atoms with Gasteiger partial charge in [0, 0.05) is 6.08 Å². The highest BCUT2D eigenvalue weighted by Crippen LogP contribution is 2.29. The molecule has 0 aromatic heterocycles. The minimum atomic E-state index is -4.41. The van der Waals surface area contributed by atoms with E-state index >= 15 is 0 Å². The molecular weight excluding hydrogens is 335 g/mol. The highest BCUT2D eigenvalue weighted by atomic mass is 19.4. The lowest BCUT2D eigenvalue weighted by molar-refractivity contribution is -0.137. The van der Waals surface area contributed by atoms with Crippen LogP contribution in [0.3, 0.4) is 0 Å². The number of para-hydroxylation sites is 1. The Kier molecular flexibility index (Phi) is 5.59. The summed E-state index contributed by atoms with van der Waals surface area (Å²) < 4.78 is 42.1. The van der Waals surface area contributed by atoms with Gasteiger partial charge in [-0.05, 0) is 35.9 Å². The van der Waals surface area contributed by atoms with Crippen molar-refractivity contribution < 1.29 is 27.5 Å². The Morgan fingerprint density at radius 3 is 2.28 bits per heavy atom. The van der Waals surface area contributed by atoms with E-state index in [4.69, 9.17) is 0 Å². The maximum atomic E-state index is 12.5. The second-order valence-electron chi connectivity index (χ2n) is 4.98. The molecule has 0 saturated heterocycles. The summed E-state index contributed by atoms with van der Waals surface area (Å²) in [4.78, 5) is 23.6. The fourth-order valence-corrected chi connectivity index (χ4v) is 2.01. The van der Waals surface area contributed by atoms with E-state index in [1.165, 1.54) is 37.5 Å². The number of benzene rings is 2. The first-order valence-corrected chi connectivity index (χ1v) is 7.15. The number of anilines is 1. The summed E-state index contributed by atoms with van der Waals surface area (Å²) in [6.07, 6.45) is -1.87. The lowest BCUT2D eigenvalue weighted by Crippen LogP contribution is -2.12. The predicted octanol–water partition coefficient (Wildman–Crippen LogP) is 4.14. The van der Waals surface area contributed by atoms with E-state index in [2.05, 4.69) is 10.1 Å². The Labute approximate surface area is 141 Å². The molecular formula is C18H14F3NO3. The molecule has 2 rings (SSSR count). The predicted molar refractivity (Wildman–Crippen MR) is 86.9 cm³/mol. The van der Waals surface area contributed by atoms with Crippen molar-refractivity contribution in [3.63, 3.8) is 0 Å². The number of rotatable bonds is 4. The maximum Gasteiger partial charge on any atom is 0.416 e. The zero-order valence-electron chi connectivity index (χ0n) is 13.1. The van der Waals surface area contributed by atoms with Gasteiger partial charge < -0.3 is 10.1 Å². The fourth-order valence-electron chi connectivity index (χ4n) is 2.01. The Morgan fingerprint density at radius 2 is 1.68 bits per heavy atom. The number of hydrogen-bond acceptors (Lipinski definition) is 3. The third kappa shape index (κ3) is 4.94. The summed E-state index contributed by atoms with van der Waals surface area (Å²) in [5.41, 5.74) is 0.142. The molecule has 0 unspecified atom stereocenters. The second-order valence-corrected chi connectivity index (χ2v) is 4.98. The summed E-state index contributed by atoms with van der Waals surface area (Å²) in [6, 6.07) is 10.7. The van der Waals surface area contributed by atoms with E-state index in [0.717, 1.165) is 18.2 Å². The molecule has 0 aliphatic rings. The number of amides is 1. The molecule has 0 bridgehead atoms. The lowest BCUT2D eigenvalue weighted by Gasteiger charge is -2.08. The third-order valence-electron chi connectivity index (χ3n) is 3.26. The molecule has 130 valence electrons. The Balaban J connectivity index is 2.08. The van der Waals surface area contributed by atoms with Crippen molar-refractivity contribution in [2.24, 2.45) is 0 Å². The average molecular weight is 349 g/mol. The molecule has 2 aromatic rings. The van der Waals surface area contributed by atoms with Gasteiger partial charge in [-0.1, -0.05) is 24.3 Å². The number of carbonyl (C=O) groups excluding carboxylic acids is 2. The first kappa shape index (κ1) is 18.3. The summed E-state index contributed by atoms with van der Waals surface area (Å²) in [5.74, 6) is -1.13. The van der Waals surface area contributed by atoms with Gasteiger partial charge in [0.15, 0.2) is 0 Å². The van der Waals surface area contributed by atoms with Crippen molar-refractivity contribution in [1.82, 2.24) is 0 Å². The molecule has 4 nitrogen and oxygen atoms in total. The molecule has 25 heavy (non-hydrogen) atoms. The van der Waals surface area contributed by atoms with Crippen LogP contribution < -0.4 is 5.32 Å². The van der Waals surface area contributed by atoms with E-state index in [0.29, 0.717) is 5.56 Å². The van der Waals surface area contributed by atoms with Crippen LogP contribution >= 0.6 is 0 Å².